The van der Waals surface area contributed by atoms with Gasteiger partial charge in [0, 0.05) is 36.7 Å². The van der Waals surface area contributed by atoms with Crippen LogP contribution >= 0.6 is 11.3 Å². The van der Waals surface area contributed by atoms with Crippen LogP contribution in [0.2, 0.25) is 0 Å². The lowest BCUT2D eigenvalue weighted by atomic mass is 9.97. The fourth-order valence-corrected chi connectivity index (χ4v) is 5.98. The number of carbonyl (C=O) groups is 1. The summed E-state index contributed by atoms with van der Waals surface area (Å²) in [6, 6.07) is 8.84. The van der Waals surface area contributed by atoms with Crippen LogP contribution in [0.15, 0.2) is 18.2 Å². The molecule has 0 atom stereocenters. The molecule has 0 unspecified atom stereocenters. The minimum Gasteiger partial charge on any atom is -0.369 e. The molecule has 1 aliphatic heterocycles. The Balaban J connectivity index is 1.35. The summed E-state index contributed by atoms with van der Waals surface area (Å²) in [6.07, 6.45) is 6.80. The minimum absolute atomic E-state index is 0.00842. The van der Waals surface area contributed by atoms with E-state index >= 15 is 0 Å². The van der Waals surface area contributed by atoms with Gasteiger partial charge in [-0.2, -0.15) is 5.26 Å². The molecular weight excluding hydrogens is 404 g/mol. The van der Waals surface area contributed by atoms with Crippen molar-refractivity contribution in [1.82, 2.24) is 4.90 Å². The molecule has 1 aromatic heterocycles. The van der Waals surface area contributed by atoms with Crippen LogP contribution in [-0.4, -0.2) is 43.5 Å². The smallest absolute Gasteiger partial charge is 0.239 e. The first kappa shape index (κ1) is 21.9. The highest BCUT2D eigenvalue weighted by atomic mass is 32.1. The van der Waals surface area contributed by atoms with Crippen LogP contribution in [0.3, 0.4) is 0 Å². The Hall–Kier alpha value is -2.36. The van der Waals surface area contributed by atoms with Crippen LogP contribution in [0.5, 0.6) is 0 Å². The van der Waals surface area contributed by atoms with Crippen molar-refractivity contribution in [2.45, 2.75) is 52.4 Å². The summed E-state index contributed by atoms with van der Waals surface area (Å²) >= 11 is 1.62. The van der Waals surface area contributed by atoms with E-state index in [-0.39, 0.29) is 5.91 Å². The van der Waals surface area contributed by atoms with E-state index < -0.39 is 0 Å². The lowest BCUT2D eigenvalue weighted by Crippen LogP contribution is -2.48. The Labute approximate surface area is 189 Å². The summed E-state index contributed by atoms with van der Waals surface area (Å²) in [5.41, 5.74) is 5.85. The average Bonchev–Trinajstić information content (AvgIpc) is 3.05. The second kappa shape index (κ2) is 9.84. The van der Waals surface area contributed by atoms with Gasteiger partial charge in [0.2, 0.25) is 5.91 Å². The van der Waals surface area contributed by atoms with Gasteiger partial charge in [0.05, 0.1) is 12.1 Å². The predicted octanol–water partition coefficient (Wildman–Crippen LogP) is 4.66. The number of nitrogens with one attached hydrogen (secondary N) is 1. The number of aryl methyl sites for hydroxylation is 2. The summed E-state index contributed by atoms with van der Waals surface area (Å²) in [7, 11) is 0. The lowest BCUT2D eigenvalue weighted by Gasteiger charge is -2.36. The van der Waals surface area contributed by atoms with E-state index in [0.717, 1.165) is 50.4 Å². The zero-order valence-electron chi connectivity index (χ0n) is 18.7. The lowest BCUT2D eigenvalue weighted by molar-refractivity contribution is -0.117. The molecule has 31 heavy (non-hydrogen) atoms. The van der Waals surface area contributed by atoms with E-state index in [1.54, 1.807) is 11.3 Å². The largest absolute Gasteiger partial charge is 0.369 e. The first-order valence-corrected chi connectivity index (χ1v) is 12.3. The molecule has 2 heterocycles. The standard InChI is InChI=1S/C25H32N4OS/c1-18-8-7-10-22(19(18)2)29-14-12-28(13-15-29)17-24(30)27-25-21(16-26)20-9-5-3-4-6-11-23(20)31-25/h7-8,10H,3-6,9,11-15,17H2,1-2H3,(H,27,30). The number of rotatable bonds is 4. The van der Waals surface area contributed by atoms with Crippen molar-refractivity contribution in [2.24, 2.45) is 0 Å². The third-order valence-corrected chi connectivity index (χ3v) is 7.90. The van der Waals surface area contributed by atoms with Crippen LogP contribution in [0, 0.1) is 25.2 Å². The van der Waals surface area contributed by atoms with E-state index in [1.807, 2.05) is 0 Å². The molecule has 1 aromatic carbocycles. The Kier molecular flexibility index (Phi) is 6.94. The molecule has 2 aromatic rings. The second-order valence-electron chi connectivity index (χ2n) is 8.76. The average molecular weight is 437 g/mol. The van der Waals surface area contributed by atoms with E-state index in [1.165, 1.54) is 46.5 Å². The van der Waals surface area contributed by atoms with Crippen LogP contribution in [0.4, 0.5) is 10.7 Å². The van der Waals surface area contributed by atoms with Crippen molar-refractivity contribution in [3.63, 3.8) is 0 Å². The van der Waals surface area contributed by atoms with Gasteiger partial charge >= 0.3 is 0 Å². The molecular formula is C25H32N4OS. The maximum Gasteiger partial charge on any atom is 0.239 e. The minimum atomic E-state index is -0.00842. The van der Waals surface area contributed by atoms with Crippen molar-refractivity contribution in [2.75, 3.05) is 42.9 Å². The molecule has 0 radical (unpaired) electrons. The highest BCUT2D eigenvalue weighted by Gasteiger charge is 2.23. The number of hydrogen-bond donors (Lipinski definition) is 1. The van der Waals surface area contributed by atoms with Crippen molar-refractivity contribution < 1.29 is 4.79 Å². The molecule has 1 N–H and O–H groups in total. The third-order valence-electron chi connectivity index (χ3n) is 6.69. The van der Waals surface area contributed by atoms with Gasteiger partial charge in [0.25, 0.3) is 0 Å². The van der Waals surface area contributed by atoms with Gasteiger partial charge in [-0.25, -0.2) is 0 Å². The van der Waals surface area contributed by atoms with Gasteiger partial charge in [-0.1, -0.05) is 25.0 Å². The van der Waals surface area contributed by atoms with Gasteiger partial charge in [-0.3, -0.25) is 9.69 Å². The highest BCUT2D eigenvalue weighted by Crippen LogP contribution is 2.36. The number of amides is 1. The fourth-order valence-electron chi connectivity index (χ4n) is 4.72. The maximum atomic E-state index is 12.8. The first-order chi connectivity index (χ1) is 15.1. The number of fused-ring (bicyclic) bond motifs is 1. The predicted molar refractivity (Wildman–Crippen MR) is 128 cm³/mol. The number of piperazine rings is 1. The van der Waals surface area contributed by atoms with E-state index in [4.69, 9.17) is 0 Å². The molecule has 0 bridgehead atoms. The van der Waals surface area contributed by atoms with Crippen molar-refractivity contribution in [3.8, 4) is 6.07 Å². The molecule has 1 fully saturated rings. The summed E-state index contributed by atoms with van der Waals surface area (Å²) in [4.78, 5) is 18.7. The van der Waals surface area contributed by atoms with E-state index in [2.05, 4.69) is 53.2 Å². The Morgan fingerprint density at radius 2 is 1.84 bits per heavy atom. The Morgan fingerprint density at radius 1 is 1.10 bits per heavy atom. The molecule has 1 saturated heterocycles. The Morgan fingerprint density at radius 3 is 2.58 bits per heavy atom. The zero-order chi connectivity index (χ0) is 21.8. The molecule has 164 valence electrons. The van der Waals surface area contributed by atoms with Gasteiger partial charge in [-0.15, -0.1) is 11.3 Å². The number of benzene rings is 1. The summed E-state index contributed by atoms with van der Waals surface area (Å²) < 4.78 is 0. The summed E-state index contributed by atoms with van der Waals surface area (Å²) in [6.45, 7) is 8.30. The fraction of sp³-hybridized carbons (Fsp3) is 0.520. The highest BCUT2D eigenvalue weighted by molar-refractivity contribution is 7.16. The van der Waals surface area contributed by atoms with Crippen LogP contribution in [0.25, 0.3) is 0 Å². The van der Waals surface area contributed by atoms with E-state index in [9.17, 15) is 10.1 Å². The van der Waals surface area contributed by atoms with Gasteiger partial charge < -0.3 is 10.2 Å². The van der Waals surface area contributed by atoms with Gasteiger partial charge in [0.1, 0.15) is 11.1 Å². The van der Waals surface area contributed by atoms with Gasteiger partial charge in [0.15, 0.2) is 0 Å². The number of carbonyl (C=O) groups excluding carboxylic acids is 1. The molecule has 4 rings (SSSR count). The van der Waals surface area contributed by atoms with Gasteiger partial charge in [-0.05, 0) is 62.3 Å². The third kappa shape index (κ3) is 4.94. The Bertz CT molecular complexity index is 982. The zero-order valence-corrected chi connectivity index (χ0v) is 19.5. The normalized spacial score (nSPS) is 17.4. The van der Waals surface area contributed by atoms with Crippen LogP contribution in [-0.2, 0) is 17.6 Å². The van der Waals surface area contributed by atoms with Crippen molar-refractivity contribution >= 4 is 27.9 Å². The topological polar surface area (TPSA) is 59.4 Å². The monoisotopic (exact) mass is 436 g/mol. The molecule has 0 spiro atoms. The number of thiophene rings is 1. The summed E-state index contributed by atoms with van der Waals surface area (Å²) in [5, 5.41) is 13.6. The van der Waals surface area contributed by atoms with Crippen LogP contribution in [0.1, 0.15) is 52.8 Å². The summed E-state index contributed by atoms with van der Waals surface area (Å²) in [5.74, 6) is -0.00842. The number of nitriles is 1. The quantitative estimate of drug-likeness (QED) is 0.758. The number of hydrogen-bond acceptors (Lipinski definition) is 5. The first-order valence-electron chi connectivity index (χ1n) is 11.4. The molecule has 1 aliphatic carbocycles. The molecule has 1 amide bonds. The number of anilines is 2. The van der Waals surface area contributed by atoms with Crippen molar-refractivity contribution in [3.05, 3.63) is 45.3 Å². The SMILES string of the molecule is Cc1cccc(N2CCN(CC(=O)Nc3sc4c(c3C#N)CCCCCC4)CC2)c1C. The molecule has 6 heteroatoms. The maximum absolute atomic E-state index is 12.8. The van der Waals surface area contributed by atoms with E-state index in [0.29, 0.717) is 12.1 Å². The molecule has 2 aliphatic rings. The number of nitrogens with zero attached hydrogens (tertiary/aromatic N) is 3. The second-order valence-corrected chi connectivity index (χ2v) is 9.87. The molecule has 0 saturated carbocycles. The van der Waals surface area contributed by atoms with Crippen molar-refractivity contribution in [1.29, 1.82) is 5.26 Å². The molecule has 5 nitrogen and oxygen atoms in total. The van der Waals surface area contributed by atoms with Crippen LogP contribution < -0.4 is 10.2 Å².